The van der Waals surface area contributed by atoms with Crippen LogP contribution in [0, 0.1) is 23.7 Å². The van der Waals surface area contributed by atoms with Gasteiger partial charge in [0.2, 0.25) is 5.78 Å². The summed E-state index contributed by atoms with van der Waals surface area (Å²) in [5.41, 5.74) is 1.83. The molecule has 4 aliphatic rings. The SMILES string of the molecule is COC(=O)NC1C(=O)C[C@H](O)/C(=C/CS(C)=S)C2=C1C#C/C=C\C#C[C@@H]2OC1OC(C)C(SC)(C(=O)c2nccc3c2[nH]c2ccc(OC)cc23)C(O)C1OC1CC(OC)C(NC(C)C)CO1. The van der Waals surface area contributed by atoms with Crippen molar-refractivity contribution in [2.75, 3.05) is 46.2 Å². The average Bonchev–Trinajstić information content (AvgIpc) is 3.68. The maximum atomic E-state index is 15.4. The largest absolute Gasteiger partial charge is 0.497 e. The van der Waals surface area contributed by atoms with Crippen molar-refractivity contribution in [3.05, 3.63) is 71.1 Å². The number of aromatic nitrogens is 2. The molecule has 2 aromatic heterocycles. The number of benzene rings is 1. The molecular formula is C48H56N4O12S3. The Bertz CT molecular complexity index is 2630. The third-order valence-electron chi connectivity index (χ3n) is 12.2. The van der Waals surface area contributed by atoms with Crippen LogP contribution in [0.4, 0.5) is 4.79 Å². The summed E-state index contributed by atoms with van der Waals surface area (Å²) < 4.78 is 41.3. The van der Waals surface area contributed by atoms with Crippen molar-refractivity contribution in [1.29, 1.82) is 0 Å². The Morgan fingerprint density at radius 1 is 1.15 bits per heavy atom. The van der Waals surface area contributed by atoms with E-state index >= 15 is 4.79 Å². The molecule has 2 saturated heterocycles. The van der Waals surface area contributed by atoms with E-state index in [0.29, 0.717) is 17.0 Å². The number of aromatic amines is 1. The molecule has 2 fully saturated rings. The van der Waals surface area contributed by atoms with Gasteiger partial charge in [-0.15, -0.1) is 21.2 Å². The minimum Gasteiger partial charge on any atom is -0.497 e. The van der Waals surface area contributed by atoms with Crippen LogP contribution in [0.5, 0.6) is 5.75 Å². The molecule has 1 aromatic carbocycles. The number of nitrogens with one attached hydrogen (secondary N) is 3. The number of ether oxygens (including phenoxy) is 7. The van der Waals surface area contributed by atoms with E-state index in [1.165, 1.54) is 19.3 Å². The lowest BCUT2D eigenvalue weighted by molar-refractivity contribution is -0.322. The molecule has 10 unspecified atom stereocenters. The van der Waals surface area contributed by atoms with Crippen LogP contribution in [0.2, 0.25) is 0 Å². The van der Waals surface area contributed by atoms with Gasteiger partial charge in [0.15, 0.2) is 18.4 Å². The van der Waals surface area contributed by atoms with Crippen molar-refractivity contribution in [3.63, 3.8) is 0 Å². The minimum atomic E-state index is -1.76. The van der Waals surface area contributed by atoms with Crippen LogP contribution in [0.3, 0.4) is 0 Å². The smallest absolute Gasteiger partial charge is 0.407 e. The van der Waals surface area contributed by atoms with Gasteiger partial charge in [-0.05, 0) is 61.4 Å². The molecular weight excluding hydrogens is 921 g/mol. The second-order valence-electron chi connectivity index (χ2n) is 16.7. The van der Waals surface area contributed by atoms with E-state index in [4.69, 9.17) is 44.3 Å². The van der Waals surface area contributed by atoms with E-state index in [-0.39, 0.29) is 53.6 Å². The molecule has 1 amide bonds. The van der Waals surface area contributed by atoms with Gasteiger partial charge >= 0.3 is 6.09 Å². The fourth-order valence-corrected chi connectivity index (χ4v) is 10.7. The first-order chi connectivity index (χ1) is 32.1. The number of methoxy groups -OCH3 is 3. The summed E-state index contributed by atoms with van der Waals surface area (Å²) in [6.45, 7) is 5.90. The summed E-state index contributed by atoms with van der Waals surface area (Å²) in [5.74, 6) is 11.9. The molecule has 4 heterocycles. The number of carbonyl (C=O) groups is 3. The standard InChI is InChI=1S/C48H56N4O12S3/c1-25(2)50-33-24-61-38(23-37(33)59-5)64-43-45(56)48(66-7,44(55)42-41-28(17-19-49-42)31-21-27(58-4)15-16-32(31)51-41)26(3)62-46(43)63-36-14-12-10-9-11-13-30-39(36)29(18-20-67(8)65)34(53)22-35(54)40(30)52-47(57)60-6/h9-10,15-19,21,25-26,33-34,36-38,40,43,45-46,50-51,53,56H,20,22-24H2,1-8H3,(H,52,57)/b10-9-,29-18-/t26?,33?,34-,36-,37?,38?,40?,43?,45?,46?,48?,67?/m0/s1. The summed E-state index contributed by atoms with van der Waals surface area (Å²) >= 11 is 6.63. The van der Waals surface area contributed by atoms with Crippen molar-refractivity contribution in [2.45, 2.75) is 106 Å². The van der Waals surface area contributed by atoms with Gasteiger partial charge in [0.05, 0.1) is 50.7 Å². The lowest BCUT2D eigenvalue weighted by atomic mass is 9.83. The first kappa shape index (κ1) is 50.4. The van der Waals surface area contributed by atoms with Gasteiger partial charge in [-0.2, -0.15) is 0 Å². The highest BCUT2D eigenvalue weighted by molar-refractivity contribution is 8.28. The number of hydrogen-bond donors (Lipinski definition) is 5. The van der Waals surface area contributed by atoms with Crippen LogP contribution in [0.25, 0.3) is 21.8 Å². The normalized spacial score (nSPS) is 31.3. The molecule has 2 aliphatic heterocycles. The highest BCUT2D eigenvalue weighted by Gasteiger charge is 2.61. The molecule has 2 aliphatic carbocycles. The lowest BCUT2D eigenvalue weighted by Gasteiger charge is -2.51. The van der Waals surface area contributed by atoms with Crippen LogP contribution in [0.15, 0.2) is 65.4 Å². The highest BCUT2D eigenvalue weighted by atomic mass is 32.8. The molecule has 16 nitrogen and oxygen atoms in total. The Balaban J connectivity index is 1.36. The molecule has 5 N–H and O–H groups in total. The van der Waals surface area contributed by atoms with Crippen LogP contribution < -0.4 is 15.4 Å². The molecule has 3 aromatic rings. The van der Waals surface area contributed by atoms with Gasteiger partial charge in [0, 0.05) is 65.4 Å². The number of aliphatic hydroxyl groups is 2. The zero-order chi connectivity index (χ0) is 48.2. The molecule has 0 saturated carbocycles. The van der Waals surface area contributed by atoms with E-state index in [1.807, 2.05) is 38.3 Å². The number of amides is 1. The van der Waals surface area contributed by atoms with Gasteiger partial charge in [0.1, 0.15) is 40.5 Å². The molecule has 7 rings (SSSR count). The zero-order valence-electron chi connectivity index (χ0n) is 38.4. The first-order valence-electron chi connectivity index (χ1n) is 21.7. The first-order valence-corrected chi connectivity index (χ1v) is 25.7. The van der Waals surface area contributed by atoms with Gasteiger partial charge < -0.3 is 59.0 Å². The number of fused-ring (bicyclic) bond motifs is 3. The Labute approximate surface area is 400 Å². The third kappa shape index (κ3) is 10.4. The van der Waals surface area contributed by atoms with E-state index in [0.717, 1.165) is 28.1 Å². The number of hydrogen-bond acceptors (Lipinski definition) is 16. The fraction of sp³-hybridized carbons (Fsp3) is 0.500. The average molecular weight is 977 g/mol. The van der Waals surface area contributed by atoms with Crippen molar-refractivity contribution in [1.82, 2.24) is 20.6 Å². The van der Waals surface area contributed by atoms with Gasteiger partial charge in [-0.25, -0.2) is 4.79 Å². The lowest BCUT2D eigenvalue weighted by Crippen LogP contribution is -2.68. The van der Waals surface area contributed by atoms with Crippen molar-refractivity contribution in [3.8, 4) is 29.4 Å². The highest BCUT2D eigenvalue weighted by Crippen LogP contribution is 2.46. The summed E-state index contributed by atoms with van der Waals surface area (Å²) in [4.78, 5) is 50.0. The molecule has 12 atom stereocenters. The van der Waals surface area contributed by atoms with Crippen molar-refractivity contribution < 1.29 is 57.8 Å². The number of nitrogens with zero attached hydrogens (tertiary/aromatic N) is 1. The number of Topliss-reactive ketones (excluding diaryl/α,β-unsaturated/α-hetero) is 2. The van der Waals surface area contributed by atoms with Crippen molar-refractivity contribution in [2.24, 2.45) is 0 Å². The van der Waals surface area contributed by atoms with Gasteiger partial charge in [-0.3, -0.25) is 14.6 Å². The molecule has 0 bridgehead atoms. The Hall–Kier alpha value is -4.48. The minimum absolute atomic E-state index is 0.0700. The summed E-state index contributed by atoms with van der Waals surface area (Å²) in [6, 6.07) is 5.93. The molecule has 67 heavy (non-hydrogen) atoms. The van der Waals surface area contributed by atoms with E-state index in [9.17, 15) is 19.8 Å². The molecule has 0 spiro atoms. The summed E-state index contributed by atoms with van der Waals surface area (Å²) in [7, 11) is 3.78. The zero-order valence-corrected chi connectivity index (χ0v) is 40.9. The number of thioether (sulfide) groups is 1. The number of rotatable bonds is 14. The predicted octanol–water partition coefficient (Wildman–Crippen LogP) is 3.58. The number of carbonyl (C=O) groups excluding carboxylic acids is 3. The van der Waals surface area contributed by atoms with E-state index in [1.54, 1.807) is 45.7 Å². The van der Waals surface area contributed by atoms with Crippen LogP contribution in [-0.2, 0) is 53.9 Å². The Morgan fingerprint density at radius 2 is 1.93 bits per heavy atom. The van der Waals surface area contributed by atoms with Crippen LogP contribution >= 0.6 is 11.8 Å². The Kier molecular flexibility index (Phi) is 16.4. The Morgan fingerprint density at radius 3 is 2.63 bits per heavy atom. The molecule has 19 heteroatoms. The second-order valence-corrected chi connectivity index (χ2v) is 21.0. The molecule has 358 valence electrons. The maximum Gasteiger partial charge on any atom is 0.407 e. The number of H-pyrrole nitrogens is 1. The topological polar surface area (TPSA) is 209 Å². The molecule has 0 radical (unpaired) electrons. The monoisotopic (exact) mass is 976 g/mol. The van der Waals surface area contributed by atoms with Crippen LogP contribution in [-0.4, -0.2) is 156 Å². The van der Waals surface area contributed by atoms with E-state index < -0.39 is 87.4 Å². The summed E-state index contributed by atoms with van der Waals surface area (Å²) in [6.07, 6.45) is -1.03. The number of allylic oxidation sites excluding steroid dienone is 2. The quantitative estimate of drug-likeness (QED) is 0.116. The third-order valence-corrected chi connectivity index (χ3v) is 14.7. The number of aliphatic hydroxyl groups excluding tert-OH is 2. The number of alkyl carbamates (subject to hydrolysis) is 1. The van der Waals surface area contributed by atoms with Crippen LogP contribution in [0.1, 0.15) is 44.1 Å². The maximum absolute atomic E-state index is 15.4. The van der Waals surface area contributed by atoms with Gasteiger partial charge in [-0.1, -0.05) is 54.8 Å². The number of pyridine rings is 1. The fourth-order valence-electron chi connectivity index (χ4n) is 9.02. The number of ketones is 2. The summed E-state index contributed by atoms with van der Waals surface area (Å²) in [5, 5.41) is 32.4. The van der Waals surface area contributed by atoms with E-state index in [2.05, 4.69) is 44.3 Å². The second kappa shape index (κ2) is 21.9. The van der Waals surface area contributed by atoms with Crippen molar-refractivity contribution >= 4 is 71.9 Å². The predicted molar refractivity (Wildman–Crippen MR) is 258 cm³/mol. The van der Waals surface area contributed by atoms with Gasteiger partial charge in [0.25, 0.3) is 0 Å².